The summed E-state index contributed by atoms with van der Waals surface area (Å²) in [5, 5.41) is 9.42. The first-order chi connectivity index (χ1) is 16.9. The fourth-order valence-electron chi connectivity index (χ4n) is 4.59. The SMILES string of the molecule is CCC(CO)OC(=O)N(CCCCCCCCCCC(C)C)CCCCCCCCCCC(C)C. The Morgan fingerprint density at radius 3 is 1.29 bits per heavy atom. The Labute approximate surface area is 220 Å². The van der Waals surface area contributed by atoms with E-state index in [-0.39, 0.29) is 18.8 Å². The summed E-state index contributed by atoms with van der Waals surface area (Å²) in [6.45, 7) is 12.7. The van der Waals surface area contributed by atoms with Gasteiger partial charge in [0.1, 0.15) is 6.10 Å². The van der Waals surface area contributed by atoms with Crippen molar-refractivity contribution in [2.75, 3.05) is 19.7 Å². The van der Waals surface area contributed by atoms with Crippen LogP contribution in [0.5, 0.6) is 0 Å². The van der Waals surface area contributed by atoms with Gasteiger partial charge in [-0.1, -0.05) is 137 Å². The summed E-state index contributed by atoms with van der Waals surface area (Å²) in [6.07, 6.45) is 23.3. The lowest BCUT2D eigenvalue weighted by Gasteiger charge is -2.24. The van der Waals surface area contributed by atoms with Crippen molar-refractivity contribution in [3.05, 3.63) is 0 Å². The zero-order valence-corrected chi connectivity index (χ0v) is 24.5. The number of nitrogens with zero attached hydrogens (tertiary/aromatic N) is 1. The van der Waals surface area contributed by atoms with Crippen LogP contribution in [0.4, 0.5) is 4.79 Å². The smallest absolute Gasteiger partial charge is 0.410 e. The maximum atomic E-state index is 12.7. The van der Waals surface area contributed by atoms with Crippen molar-refractivity contribution in [3.8, 4) is 0 Å². The van der Waals surface area contributed by atoms with E-state index >= 15 is 0 Å². The van der Waals surface area contributed by atoms with E-state index < -0.39 is 0 Å². The Kier molecular flexibility index (Phi) is 24.4. The summed E-state index contributed by atoms with van der Waals surface area (Å²) in [5.41, 5.74) is 0. The summed E-state index contributed by atoms with van der Waals surface area (Å²) < 4.78 is 5.55. The molecule has 1 unspecified atom stereocenters. The molecule has 0 bridgehead atoms. The third kappa shape index (κ3) is 23.4. The van der Waals surface area contributed by atoms with Gasteiger partial charge in [-0.2, -0.15) is 0 Å². The molecule has 1 amide bonds. The van der Waals surface area contributed by atoms with Gasteiger partial charge >= 0.3 is 6.09 Å². The molecule has 0 fully saturated rings. The third-order valence-electron chi connectivity index (χ3n) is 7.10. The Morgan fingerprint density at radius 1 is 0.629 bits per heavy atom. The van der Waals surface area contributed by atoms with Gasteiger partial charge in [0.25, 0.3) is 0 Å². The second-order valence-electron chi connectivity index (χ2n) is 11.6. The highest BCUT2D eigenvalue weighted by molar-refractivity contribution is 5.67. The minimum Gasteiger partial charge on any atom is -0.444 e. The van der Waals surface area contributed by atoms with Crippen molar-refractivity contribution in [2.45, 2.75) is 163 Å². The van der Waals surface area contributed by atoms with Gasteiger partial charge in [-0.25, -0.2) is 4.79 Å². The Bertz CT molecular complexity index is 421. The molecule has 0 heterocycles. The van der Waals surface area contributed by atoms with Crippen LogP contribution in [0.15, 0.2) is 0 Å². The van der Waals surface area contributed by atoms with Crippen molar-refractivity contribution < 1.29 is 14.6 Å². The number of unbranched alkanes of at least 4 members (excludes halogenated alkanes) is 14. The first kappa shape index (κ1) is 34.2. The van der Waals surface area contributed by atoms with Crippen LogP contribution in [-0.2, 0) is 4.74 Å². The summed E-state index contributed by atoms with van der Waals surface area (Å²) in [5.74, 6) is 1.66. The highest BCUT2D eigenvalue weighted by atomic mass is 16.6. The number of ether oxygens (including phenoxy) is 1. The molecule has 0 saturated carbocycles. The number of carbonyl (C=O) groups is 1. The molecular weight excluding hydrogens is 434 g/mol. The van der Waals surface area contributed by atoms with Crippen molar-refractivity contribution in [3.63, 3.8) is 0 Å². The van der Waals surface area contributed by atoms with Crippen molar-refractivity contribution >= 4 is 6.09 Å². The Hall–Kier alpha value is -0.770. The van der Waals surface area contributed by atoms with Gasteiger partial charge in [0.2, 0.25) is 0 Å². The average molecular weight is 498 g/mol. The third-order valence-corrected chi connectivity index (χ3v) is 7.10. The van der Waals surface area contributed by atoms with Gasteiger partial charge in [0.15, 0.2) is 0 Å². The lowest BCUT2D eigenvalue weighted by atomic mass is 10.0. The van der Waals surface area contributed by atoms with Crippen LogP contribution in [0.25, 0.3) is 0 Å². The summed E-state index contributed by atoms with van der Waals surface area (Å²) in [6, 6.07) is 0. The summed E-state index contributed by atoms with van der Waals surface area (Å²) >= 11 is 0. The Morgan fingerprint density at radius 2 is 0.971 bits per heavy atom. The second-order valence-corrected chi connectivity index (χ2v) is 11.6. The molecule has 0 aromatic carbocycles. The van der Waals surface area contributed by atoms with Crippen LogP contribution >= 0.6 is 0 Å². The van der Waals surface area contributed by atoms with Crippen molar-refractivity contribution in [1.29, 1.82) is 0 Å². The fraction of sp³-hybridized carbons (Fsp3) is 0.968. The molecule has 4 nitrogen and oxygen atoms in total. The molecule has 0 aliphatic heterocycles. The molecule has 0 aliphatic carbocycles. The minimum absolute atomic E-state index is 0.0928. The predicted molar refractivity (Wildman–Crippen MR) is 152 cm³/mol. The quantitative estimate of drug-likeness (QED) is 0.128. The molecule has 4 heteroatoms. The molecule has 1 atom stereocenters. The van der Waals surface area contributed by atoms with E-state index in [0.29, 0.717) is 6.42 Å². The number of aliphatic hydroxyl groups excluding tert-OH is 1. The first-order valence-corrected chi connectivity index (χ1v) is 15.5. The predicted octanol–water partition coefficient (Wildman–Crippen LogP) is 9.53. The molecule has 0 radical (unpaired) electrons. The Balaban J connectivity index is 4.04. The molecule has 0 spiro atoms. The number of aliphatic hydroxyl groups is 1. The molecule has 1 N–H and O–H groups in total. The fourth-order valence-corrected chi connectivity index (χ4v) is 4.59. The van der Waals surface area contributed by atoms with Gasteiger partial charge < -0.3 is 14.7 Å². The first-order valence-electron chi connectivity index (χ1n) is 15.5. The van der Waals surface area contributed by atoms with Crippen molar-refractivity contribution in [1.82, 2.24) is 4.90 Å². The van der Waals surface area contributed by atoms with Gasteiger partial charge in [0.05, 0.1) is 6.61 Å². The lowest BCUT2D eigenvalue weighted by molar-refractivity contribution is 0.0309. The molecule has 210 valence electrons. The van der Waals surface area contributed by atoms with E-state index in [2.05, 4.69) is 27.7 Å². The van der Waals surface area contributed by atoms with Crippen LogP contribution in [0.2, 0.25) is 0 Å². The molecule has 0 aromatic rings. The second kappa shape index (κ2) is 24.9. The van der Waals surface area contributed by atoms with Crippen molar-refractivity contribution in [2.24, 2.45) is 11.8 Å². The average Bonchev–Trinajstić information content (AvgIpc) is 2.82. The summed E-state index contributed by atoms with van der Waals surface area (Å²) in [4.78, 5) is 14.6. The maximum Gasteiger partial charge on any atom is 0.410 e. The summed E-state index contributed by atoms with van der Waals surface area (Å²) in [7, 11) is 0. The minimum atomic E-state index is -0.378. The molecule has 0 aliphatic rings. The van der Waals surface area contributed by atoms with Crippen LogP contribution in [-0.4, -0.2) is 41.9 Å². The monoisotopic (exact) mass is 497 g/mol. The van der Waals surface area contributed by atoms with E-state index in [0.717, 1.165) is 37.8 Å². The van der Waals surface area contributed by atoms with Crippen LogP contribution in [0.3, 0.4) is 0 Å². The standard InChI is InChI=1S/C31H63NO3/c1-6-30(27-33)35-31(34)32(25-21-17-13-9-7-11-15-19-23-28(2)3)26-22-18-14-10-8-12-16-20-24-29(4)5/h28-30,33H,6-27H2,1-5H3. The van der Waals surface area contributed by atoms with Crippen LogP contribution in [0.1, 0.15) is 157 Å². The van der Waals surface area contributed by atoms with E-state index in [1.807, 2.05) is 11.8 Å². The zero-order chi connectivity index (χ0) is 26.2. The number of carbonyl (C=O) groups excluding carboxylic acids is 1. The number of hydrogen-bond acceptors (Lipinski definition) is 3. The highest BCUT2D eigenvalue weighted by Gasteiger charge is 2.18. The van der Waals surface area contributed by atoms with E-state index in [4.69, 9.17) is 4.74 Å². The normalized spacial score (nSPS) is 12.5. The zero-order valence-electron chi connectivity index (χ0n) is 24.5. The number of hydrogen-bond donors (Lipinski definition) is 1. The van der Waals surface area contributed by atoms with Crippen LogP contribution in [0, 0.1) is 11.8 Å². The lowest BCUT2D eigenvalue weighted by Crippen LogP contribution is -2.36. The highest BCUT2D eigenvalue weighted by Crippen LogP contribution is 2.15. The van der Waals surface area contributed by atoms with E-state index in [9.17, 15) is 9.90 Å². The van der Waals surface area contributed by atoms with E-state index in [1.165, 1.54) is 103 Å². The van der Waals surface area contributed by atoms with Gasteiger partial charge in [-0.05, 0) is 31.1 Å². The van der Waals surface area contributed by atoms with Gasteiger partial charge in [0, 0.05) is 13.1 Å². The van der Waals surface area contributed by atoms with Gasteiger partial charge in [-0.3, -0.25) is 0 Å². The molecule has 0 saturated heterocycles. The maximum absolute atomic E-state index is 12.7. The van der Waals surface area contributed by atoms with Gasteiger partial charge in [-0.15, -0.1) is 0 Å². The van der Waals surface area contributed by atoms with Crippen LogP contribution < -0.4 is 0 Å². The topological polar surface area (TPSA) is 49.8 Å². The number of amides is 1. The molecule has 35 heavy (non-hydrogen) atoms. The molecular formula is C31H63NO3. The number of rotatable bonds is 25. The molecule has 0 aromatic heterocycles. The largest absolute Gasteiger partial charge is 0.444 e. The molecule has 0 rings (SSSR count). The van der Waals surface area contributed by atoms with E-state index in [1.54, 1.807) is 0 Å².